The number of ether oxygens (including phenoxy) is 4. The Bertz CT molecular complexity index is 792. The van der Waals surface area contributed by atoms with Gasteiger partial charge in [-0.2, -0.15) is 0 Å². The molecule has 0 aliphatic heterocycles. The van der Waals surface area contributed by atoms with E-state index >= 15 is 0 Å². The summed E-state index contributed by atoms with van der Waals surface area (Å²) in [6.07, 6.45) is 2.93. The second kappa shape index (κ2) is 9.27. The lowest BCUT2D eigenvalue weighted by molar-refractivity contribution is -0.128. The molecule has 136 valence electrons. The summed E-state index contributed by atoms with van der Waals surface area (Å²) in [6, 6.07) is 11.4. The Labute approximate surface area is 151 Å². The van der Waals surface area contributed by atoms with Crippen molar-refractivity contribution < 1.29 is 28.5 Å². The summed E-state index contributed by atoms with van der Waals surface area (Å²) in [5, 5.41) is 0. The molecule has 2 rings (SSSR count). The van der Waals surface area contributed by atoms with Crippen molar-refractivity contribution in [2.24, 2.45) is 0 Å². The zero-order valence-corrected chi connectivity index (χ0v) is 14.9. The molecule has 0 aliphatic rings. The third kappa shape index (κ3) is 5.11. The van der Waals surface area contributed by atoms with Gasteiger partial charge in [-0.05, 0) is 55.0 Å². The number of hydrogen-bond acceptors (Lipinski definition) is 6. The second-order valence-electron chi connectivity index (χ2n) is 5.11. The minimum absolute atomic E-state index is 0.331. The van der Waals surface area contributed by atoms with Gasteiger partial charge in [-0.15, -0.1) is 0 Å². The largest absolute Gasteiger partial charge is 0.493 e. The van der Waals surface area contributed by atoms with Crippen LogP contribution in [0.5, 0.6) is 17.2 Å². The summed E-state index contributed by atoms with van der Waals surface area (Å²) in [6.45, 7) is 2.39. The number of methoxy groups -OCH3 is 2. The van der Waals surface area contributed by atoms with Gasteiger partial charge in [-0.1, -0.05) is 6.07 Å². The minimum atomic E-state index is -0.537. The van der Waals surface area contributed by atoms with Crippen molar-refractivity contribution in [3.63, 3.8) is 0 Å². The molecule has 6 heteroatoms. The van der Waals surface area contributed by atoms with Gasteiger partial charge >= 0.3 is 11.9 Å². The fourth-order valence-corrected chi connectivity index (χ4v) is 2.16. The molecule has 0 saturated heterocycles. The summed E-state index contributed by atoms with van der Waals surface area (Å²) < 4.78 is 20.5. The number of carbonyl (C=O) groups is 2. The summed E-state index contributed by atoms with van der Waals surface area (Å²) in [4.78, 5) is 23.3. The summed E-state index contributed by atoms with van der Waals surface area (Å²) in [7, 11) is 2.87. The van der Waals surface area contributed by atoms with Crippen LogP contribution in [-0.4, -0.2) is 32.8 Å². The van der Waals surface area contributed by atoms with Crippen LogP contribution >= 0.6 is 0 Å². The number of esters is 2. The van der Waals surface area contributed by atoms with Crippen LogP contribution < -0.4 is 14.2 Å². The first-order valence-electron chi connectivity index (χ1n) is 7.96. The highest BCUT2D eigenvalue weighted by molar-refractivity contribution is 5.90. The van der Waals surface area contributed by atoms with Crippen molar-refractivity contribution in [2.45, 2.75) is 6.92 Å². The minimum Gasteiger partial charge on any atom is -0.493 e. The predicted octanol–water partition coefficient (Wildman–Crippen LogP) is 3.50. The molecule has 0 atom stereocenters. The van der Waals surface area contributed by atoms with Crippen LogP contribution in [0.3, 0.4) is 0 Å². The number of carbonyl (C=O) groups excluding carboxylic acids is 2. The van der Waals surface area contributed by atoms with E-state index in [0.29, 0.717) is 29.4 Å². The molecule has 0 bridgehead atoms. The molecule has 26 heavy (non-hydrogen) atoms. The molecule has 0 heterocycles. The van der Waals surface area contributed by atoms with Gasteiger partial charge in [0.05, 0.1) is 26.4 Å². The SMILES string of the molecule is CCOc1cc(/C=C/C(=O)Oc2ccc(C(=O)OC)cc2)ccc1OC. The Morgan fingerprint density at radius 1 is 1.00 bits per heavy atom. The molecule has 6 nitrogen and oxygen atoms in total. The van der Waals surface area contributed by atoms with Crippen molar-refractivity contribution in [1.29, 1.82) is 0 Å². The highest BCUT2D eigenvalue weighted by Gasteiger charge is 2.07. The monoisotopic (exact) mass is 356 g/mol. The predicted molar refractivity (Wildman–Crippen MR) is 96.6 cm³/mol. The summed E-state index contributed by atoms with van der Waals surface area (Å²) >= 11 is 0. The van der Waals surface area contributed by atoms with Crippen molar-refractivity contribution in [1.82, 2.24) is 0 Å². The van der Waals surface area contributed by atoms with Gasteiger partial charge in [-0.25, -0.2) is 9.59 Å². The van der Waals surface area contributed by atoms with Crippen molar-refractivity contribution in [3.05, 3.63) is 59.7 Å². The van der Waals surface area contributed by atoms with Crippen LogP contribution in [-0.2, 0) is 9.53 Å². The molecular formula is C20H20O6. The van der Waals surface area contributed by atoms with Gasteiger partial charge in [0.15, 0.2) is 11.5 Å². The molecule has 2 aromatic rings. The zero-order chi connectivity index (χ0) is 18.9. The number of rotatable bonds is 7. The fraction of sp³-hybridized carbons (Fsp3) is 0.200. The van der Waals surface area contributed by atoms with Gasteiger partial charge in [0.25, 0.3) is 0 Å². The van der Waals surface area contributed by atoms with E-state index in [-0.39, 0.29) is 0 Å². The number of benzene rings is 2. The van der Waals surface area contributed by atoms with E-state index in [2.05, 4.69) is 4.74 Å². The van der Waals surface area contributed by atoms with Gasteiger partial charge in [0, 0.05) is 6.08 Å². The Morgan fingerprint density at radius 2 is 1.73 bits per heavy atom. The lowest BCUT2D eigenvalue weighted by atomic mass is 10.2. The van der Waals surface area contributed by atoms with Crippen LogP contribution in [0.4, 0.5) is 0 Å². The molecule has 0 spiro atoms. The second-order valence-corrected chi connectivity index (χ2v) is 5.11. The molecule has 0 unspecified atom stereocenters. The highest BCUT2D eigenvalue weighted by Crippen LogP contribution is 2.28. The van der Waals surface area contributed by atoms with Gasteiger partial charge < -0.3 is 18.9 Å². The molecule has 0 radical (unpaired) electrons. The maximum atomic E-state index is 11.9. The molecule has 0 saturated carbocycles. The first kappa shape index (κ1) is 19.1. The topological polar surface area (TPSA) is 71.1 Å². The first-order chi connectivity index (χ1) is 12.6. The fourth-order valence-electron chi connectivity index (χ4n) is 2.16. The zero-order valence-electron chi connectivity index (χ0n) is 14.9. The third-order valence-corrected chi connectivity index (χ3v) is 3.39. The van der Waals surface area contributed by atoms with Crippen molar-refractivity contribution in [3.8, 4) is 17.2 Å². The lowest BCUT2D eigenvalue weighted by Gasteiger charge is -2.09. The van der Waals surface area contributed by atoms with Crippen molar-refractivity contribution >= 4 is 18.0 Å². The lowest BCUT2D eigenvalue weighted by Crippen LogP contribution is -2.05. The first-order valence-corrected chi connectivity index (χ1v) is 7.96. The maximum absolute atomic E-state index is 11.9. The van der Waals surface area contributed by atoms with Crippen molar-refractivity contribution in [2.75, 3.05) is 20.8 Å². The highest BCUT2D eigenvalue weighted by atomic mass is 16.5. The Kier molecular flexibility index (Phi) is 6.79. The van der Waals surface area contributed by atoms with E-state index in [1.165, 1.54) is 37.5 Å². The standard InChI is InChI=1S/C20H20O6/c1-4-25-18-13-14(5-11-17(18)23-2)6-12-19(21)26-16-9-7-15(8-10-16)20(22)24-3/h5-13H,4H2,1-3H3/b12-6+. The van der Waals surface area contributed by atoms with Gasteiger partial charge in [-0.3, -0.25) is 0 Å². The van der Waals surface area contributed by atoms with Gasteiger partial charge in [0.1, 0.15) is 5.75 Å². The molecular weight excluding hydrogens is 336 g/mol. The number of hydrogen-bond donors (Lipinski definition) is 0. The smallest absolute Gasteiger partial charge is 0.337 e. The quantitative estimate of drug-likeness (QED) is 0.430. The van der Waals surface area contributed by atoms with Crippen LogP contribution in [0, 0.1) is 0 Å². The van der Waals surface area contributed by atoms with E-state index < -0.39 is 11.9 Å². The Hall–Kier alpha value is -3.28. The van der Waals surface area contributed by atoms with E-state index in [0.717, 1.165) is 5.56 Å². The normalized spacial score (nSPS) is 10.4. The summed E-state index contributed by atoms with van der Waals surface area (Å²) in [5.41, 5.74) is 1.15. The molecule has 2 aromatic carbocycles. The Morgan fingerprint density at radius 3 is 2.35 bits per heavy atom. The van der Waals surface area contributed by atoms with Gasteiger partial charge in [0.2, 0.25) is 0 Å². The third-order valence-electron chi connectivity index (χ3n) is 3.39. The van der Waals surface area contributed by atoms with E-state index in [1.54, 1.807) is 31.4 Å². The average Bonchev–Trinajstić information content (AvgIpc) is 2.67. The van der Waals surface area contributed by atoms with E-state index in [4.69, 9.17) is 14.2 Å². The molecule has 0 aliphatic carbocycles. The van der Waals surface area contributed by atoms with Crippen LogP contribution in [0.25, 0.3) is 6.08 Å². The summed E-state index contributed by atoms with van der Waals surface area (Å²) in [5.74, 6) is 0.565. The maximum Gasteiger partial charge on any atom is 0.337 e. The average molecular weight is 356 g/mol. The van der Waals surface area contributed by atoms with Crippen LogP contribution in [0.1, 0.15) is 22.8 Å². The molecule has 0 amide bonds. The van der Waals surface area contributed by atoms with E-state index in [1.807, 2.05) is 6.92 Å². The molecule has 0 fully saturated rings. The Balaban J connectivity index is 2.03. The van der Waals surface area contributed by atoms with Crippen LogP contribution in [0.15, 0.2) is 48.5 Å². The molecule has 0 aromatic heterocycles. The van der Waals surface area contributed by atoms with E-state index in [9.17, 15) is 9.59 Å². The molecule has 0 N–H and O–H groups in total. The van der Waals surface area contributed by atoms with Crippen LogP contribution in [0.2, 0.25) is 0 Å².